The topological polar surface area (TPSA) is 70.7 Å². The summed E-state index contributed by atoms with van der Waals surface area (Å²) in [5.74, 6) is 0.491. The predicted molar refractivity (Wildman–Crippen MR) is 151 cm³/mol. The number of amides is 2. The number of carbonyl (C=O) groups excluding carboxylic acids is 2. The van der Waals surface area contributed by atoms with E-state index in [1.807, 2.05) is 56.3 Å². The van der Waals surface area contributed by atoms with Gasteiger partial charge in [0.1, 0.15) is 11.8 Å². The molecule has 2 atom stereocenters. The molecule has 36 heavy (non-hydrogen) atoms. The molecule has 0 bridgehead atoms. The van der Waals surface area contributed by atoms with Gasteiger partial charge in [-0.3, -0.25) is 9.59 Å². The van der Waals surface area contributed by atoms with Crippen molar-refractivity contribution >= 4 is 56.6 Å². The molecule has 1 heterocycles. The highest BCUT2D eigenvalue weighted by Gasteiger charge is 2.33. The first kappa shape index (κ1) is 28.0. The maximum atomic E-state index is 13.9. The Balaban J connectivity index is 0.00000361. The number of hydrogen-bond acceptors (Lipinski definition) is 4. The first-order valence-corrected chi connectivity index (χ1v) is 12.9. The molecule has 0 unspecified atom stereocenters. The standard InChI is InChI=1S/C28H32BrN3O3.ClH/c1-4-23(30-5-2)27(33)31-24-14-10-18-8-6-7-9-25(18)32(28(24)34)17-22-21-13-12-20(29)16-19(21)11-15-26(22)35-3;/h6-9,11-13,15-16,23-24,30H,4-5,10,14,17H2,1-3H3,(H,31,33);1H/t23-,24-;/m0./s1. The fraction of sp³-hybridized carbons (Fsp3) is 0.357. The normalized spacial score (nSPS) is 16.1. The van der Waals surface area contributed by atoms with Crippen molar-refractivity contribution in [3.8, 4) is 5.75 Å². The number of rotatable bonds is 8. The van der Waals surface area contributed by atoms with Crippen LogP contribution in [0.2, 0.25) is 0 Å². The Bertz CT molecular complexity index is 1240. The van der Waals surface area contributed by atoms with Crippen LogP contribution in [0.1, 0.15) is 37.8 Å². The van der Waals surface area contributed by atoms with Gasteiger partial charge in [0.15, 0.2) is 0 Å². The number of nitrogens with one attached hydrogen (secondary N) is 2. The lowest BCUT2D eigenvalue weighted by Gasteiger charge is -2.28. The molecule has 2 N–H and O–H groups in total. The number of anilines is 1. The van der Waals surface area contributed by atoms with Crippen LogP contribution in [0, 0.1) is 0 Å². The number of likely N-dealkylation sites (N-methyl/N-ethyl adjacent to an activating group) is 1. The van der Waals surface area contributed by atoms with E-state index in [4.69, 9.17) is 4.74 Å². The summed E-state index contributed by atoms with van der Waals surface area (Å²) in [4.78, 5) is 28.7. The van der Waals surface area contributed by atoms with E-state index in [2.05, 4.69) is 38.7 Å². The van der Waals surface area contributed by atoms with Crippen LogP contribution >= 0.6 is 28.3 Å². The maximum absolute atomic E-state index is 13.9. The molecule has 4 rings (SSSR count). The number of halogens is 2. The second kappa shape index (κ2) is 12.6. The Labute approximate surface area is 227 Å². The van der Waals surface area contributed by atoms with E-state index in [1.54, 1.807) is 12.0 Å². The molecule has 2 amide bonds. The van der Waals surface area contributed by atoms with Gasteiger partial charge < -0.3 is 20.3 Å². The zero-order chi connectivity index (χ0) is 24.9. The van der Waals surface area contributed by atoms with Gasteiger partial charge in [0, 0.05) is 15.7 Å². The summed E-state index contributed by atoms with van der Waals surface area (Å²) in [6.07, 6.45) is 1.93. The first-order valence-electron chi connectivity index (χ1n) is 12.1. The third-order valence-corrected chi connectivity index (χ3v) is 7.12. The van der Waals surface area contributed by atoms with Crippen molar-refractivity contribution in [1.82, 2.24) is 10.6 Å². The molecule has 1 aliphatic rings. The van der Waals surface area contributed by atoms with Crippen LogP contribution in [0.5, 0.6) is 5.75 Å². The summed E-state index contributed by atoms with van der Waals surface area (Å²) >= 11 is 3.55. The molecule has 192 valence electrons. The Hall–Kier alpha value is -2.61. The molecule has 3 aromatic carbocycles. The van der Waals surface area contributed by atoms with Gasteiger partial charge in [0.05, 0.1) is 19.7 Å². The van der Waals surface area contributed by atoms with Crippen molar-refractivity contribution in [1.29, 1.82) is 0 Å². The minimum absolute atomic E-state index is 0. The summed E-state index contributed by atoms with van der Waals surface area (Å²) in [6, 6.07) is 17.2. The third-order valence-electron chi connectivity index (χ3n) is 6.63. The molecule has 6 nitrogen and oxygen atoms in total. The summed E-state index contributed by atoms with van der Waals surface area (Å²) in [7, 11) is 1.65. The summed E-state index contributed by atoms with van der Waals surface area (Å²) < 4.78 is 6.71. The van der Waals surface area contributed by atoms with E-state index in [-0.39, 0.29) is 30.3 Å². The van der Waals surface area contributed by atoms with Gasteiger partial charge in [-0.2, -0.15) is 0 Å². The lowest BCUT2D eigenvalue weighted by Crippen LogP contribution is -2.53. The van der Waals surface area contributed by atoms with Gasteiger partial charge in [-0.05, 0) is 66.4 Å². The molecule has 0 radical (unpaired) electrons. The minimum Gasteiger partial charge on any atom is -0.496 e. The van der Waals surface area contributed by atoms with Crippen molar-refractivity contribution < 1.29 is 14.3 Å². The maximum Gasteiger partial charge on any atom is 0.249 e. The van der Waals surface area contributed by atoms with Crippen molar-refractivity contribution in [2.24, 2.45) is 0 Å². The highest BCUT2D eigenvalue weighted by molar-refractivity contribution is 9.10. The summed E-state index contributed by atoms with van der Waals surface area (Å²) in [6.45, 7) is 4.98. The van der Waals surface area contributed by atoms with Crippen LogP contribution in [-0.2, 0) is 22.6 Å². The SMILES string of the molecule is CCN[C@@H](CC)C(=O)N[C@H]1CCc2ccccc2N(Cc2c(OC)ccc3cc(Br)ccc23)C1=O.Cl. The van der Waals surface area contributed by atoms with Gasteiger partial charge in [0.2, 0.25) is 11.8 Å². The molecule has 0 spiro atoms. The number of ether oxygens (including phenoxy) is 1. The molecule has 0 saturated carbocycles. The molecule has 0 aromatic heterocycles. The van der Waals surface area contributed by atoms with Crippen LogP contribution in [0.4, 0.5) is 5.69 Å². The van der Waals surface area contributed by atoms with E-state index in [0.717, 1.165) is 37.8 Å². The molecule has 0 aliphatic carbocycles. The van der Waals surface area contributed by atoms with Crippen LogP contribution in [0.25, 0.3) is 10.8 Å². The lowest BCUT2D eigenvalue weighted by atomic mass is 10.0. The van der Waals surface area contributed by atoms with Crippen LogP contribution in [-0.4, -0.2) is 37.6 Å². The fourth-order valence-corrected chi connectivity index (χ4v) is 5.19. The Morgan fingerprint density at radius 1 is 1.17 bits per heavy atom. The molecule has 1 aliphatic heterocycles. The average Bonchev–Trinajstić information content (AvgIpc) is 2.99. The Morgan fingerprint density at radius 2 is 1.94 bits per heavy atom. The minimum atomic E-state index is -0.599. The monoisotopic (exact) mass is 573 g/mol. The van der Waals surface area contributed by atoms with Gasteiger partial charge >= 0.3 is 0 Å². The molecule has 0 saturated heterocycles. The van der Waals surface area contributed by atoms with E-state index >= 15 is 0 Å². The fourth-order valence-electron chi connectivity index (χ4n) is 4.81. The lowest BCUT2D eigenvalue weighted by molar-refractivity contribution is -0.129. The van der Waals surface area contributed by atoms with Crippen molar-refractivity contribution in [3.05, 3.63) is 70.2 Å². The van der Waals surface area contributed by atoms with Crippen molar-refractivity contribution in [3.63, 3.8) is 0 Å². The van der Waals surface area contributed by atoms with E-state index in [1.165, 1.54) is 0 Å². The number of carbonyl (C=O) groups is 2. The van der Waals surface area contributed by atoms with Gasteiger partial charge in [0.25, 0.3) is 0 Å². The summed E-state index contributed by atoms with van der Waals surface area (Å²) in [5, 5.41) is 8.33. The molecule has 8 heteroatoms. The second-order valence-corrected chi connectivity index (χ2v) is 9.70. The highest BCUT2D eigenvalue weighted by atomic mass is 79.9. The Morgan fingerprint density at radius 3 is 2.67 bits per heavy atom. The largest absolute Gasteiger partial charge is 0.496 e. The molecule has 3 aromatic rings. The number of para-hydroxylation sites is 1. The smallest absolute Gasteiger partial charge is 0.249 e. The van der Waals surface area contributed by atoms with E-state index in [9.17, 15) is 9.59 Å². The van der Waals surface area contributed by atoms with E-state index in [0.29, 0.717) is 32.4 Å². The second-order valence-electron chi connectivity index (χ2n) is 8.78. The van der Waals surface area contributed by atoms with Gasteiger partial charge in [-0.25, -0.2) is 0 Å². The third kappa shape index (κ3) is 5.85. The first-order chi connectivity index (χ1) is 17.0. The molecular formula is C28H33BrClN3O3. The van der Waals surface area contributed by atoms with Crippen molar-refractivity contribution in [2.45, 2.75) is 51.7 Å². The molecular weight excluding hydrogens is 542 g/mol. The number of aryl methyl sites for hydroxylation is 1. The van der Waals surface area contributed by atoms with Crippen LogP contribution in [0.3, 0.4) is 0 Å². The number of benzene rings is 3. The van der Waals surface area contributed by atoms with E-state index < -0.39 is 6.04 Å². The highest BCUT2D eigenvalue weighted by Crippen LogP contribution is 2.35. The Kier molecular flexibility index (Phi) is 9.77. The number of nitrogens with zero attached hydrogens (tertiary/aromatic N) is 1. The molecule has 0 fully saturated rings. The zero-order valence-electron chi connectivity index (χ0n) is 20.8. The average molecular weight is 575 g/mol. The van der Waals surface area contributed by atoms with Gasteiger partial charge in [-0.1, -0.05) is 60.1 Å². The van der Waals surface area contributed by atoms with Crippen molar-refractivity contribution in [2.75, 3.05) is 18.6 Å². The summed E-state index contributed by atoms with van der Waals surface area (Å²) in [5.41, 5.74) is 2.91. The number of fused-ring (bicyclic) bond motifs is 2. The quantitative estimate of drug-likeness (QED) is 0.379. The van der Waals surface area contributed by atoms with Gasteiger partial charge in [-0.15, -0.1) is 12.4 Å². The van der Waals surface area contributed by atoms with Crippen LogP contribution in [0.15, 0.2) is 59.1 Å². The number of hydrogen-bond donors (Lipinski definition) is 2. The predicted octanol–water partition coefficient (Wildman–Crippen LogP) is 5.39. The van der Waals surface area contributed by atoms with Crippen LogP contribution < -0.4 is 20.3 Å². The zero-order valence-corrected chi connectivity index (χ0v) is 23.2. The number of methoxy groups -OCH3 is 1.